The van der Waals surface area contributed by atoms with E-state index in [1.165, 1.54) is 18.2 Å². The molecule has 1 nitrogen and oxygen atoms in total. The van der Waals surface area contributed by atoms with Crippen molar-refractivity contribution < 1.29 is 17.6 Å². The molecule has 4 rings (SSSR count). The summed E-state index contributed by atoms with van der Waals surface area (Å²) < 4.78 is 54.3. The van der Waals surface area contributed by atoms with Gasteiger partial charge < -0.3 is 4.90 Å². The van der Waals surface area contributed by atoms with Crippen LogP contribution in [0.2, 0.25) is 10.0 Å². The van der Waals surface area contributed by atoms with Crippen LogP contribution < -0.4 is 4.90 Å². The molecular formula is C31H29Cl2F4N. The standard InChI is InChI=1S/C31H29Cl2F4N/c32-25-6-4-24(5-7-25)30-13-15-31(19-22(14-17-35)2-1-16-34,20-23-3-12-28(36)29(37)18-23)21-38(30)27-10-8-26(33)9-11-27/h1-12,14,18,30H,13,15-17,19-21H2/b2-1-,22-14+. The zero-order valence-electron chi connectivity index (χ0n) is 20.8. The summed E-state index contributed by atoms with van der Waals surface area (Å²) in [7, 11) is 0. The number of rotatable bonds is 9. The normalized spacial score (nSPS) is 20.3. The molecule has 200 valence electrons. The molecule has 0 aromatic heterocycles. The van der Waals surface area contributed by atoms with Crippen molar-refractivity contribution in [3.63, 3.8) is 0 Å². The lowest BCUT2D eigenvalue weighted by atomic mass is 9.68. The number of piperidine rings is 1. The maximum absolute atomic E-state index is 14.2. The monoisotopic (exact) mass is 561 g/mol. The van der Waals surface area contributed by atoms with Gasteiger partial charge in [-0.2, -0.15) is 0 Å². The number of halogens is 6. The van der Waals surface area contributed by atoms with E-state index in [1.807, 2.05) is 48.5 Å². The third kappa shape index (κ3) is 7.00. The first kappa shape index (κ1) is 28.3. The molecule has 0 aliphatic carbocycles. The smallest absolute Gasteiger partial charge is 0.159 e. The Morgan fingerprint density at radius 1 is 0.895 bits per heavy atom. The average Bonchev–Trinajstić information content (AvgIpc) is 2.91. The topological polar surface area (TPSA) is 3.24 Å². The first-order valence-electron chi connectivity index (χ1n) is 12.5. The largest absolute Gasteiger partial charge is 0.364 e. The summed E-state index contributed by atoms with van der Waals surface area (Å²) in [5.41, 5.74) is 2.92. The van der Waals surface area contributed by atoms with Gasteiger partial charge in [0.25, 0.3) is 0 Å². The maximum atomic E-state index is 14.2. The number of hydrogen-bond acceptors (Lipinski definition) is 1. The van der Waals surface area contributed by atoms with E-state index in [9.17, 15) is 17.6 Å². The van der Waals surface area contributed by atoms with E-state index in [0.717, 1.165) is 30.2 Å². The molecule has 2 unspecified atom stereocenters. The molecule has 0 saturated carbocycles. The summed E-state index contributed by atoms with van der Waals surface area (Å²) in [6.07, 6.45) is 6.81. The van der Waals surface area contributed by atoms with Crippen molar-refractivity contribution in [2.75, 3.05) is 24.8 Å². The summed E-state index contributed by atoms with van der Waals surface area (Å²) in [6.45, 7) is -0.787. The van der Waals surface area contributed by atoms with Crippen molar-refractivity contribution in [2.24, 2.45) is 5.41 Å². The second-order valence-electron chi connectivity index (χ2n) is 9.80. The zero-order valence-corrected chi connectivity index (χ0v) is 22.3. The summed E-state index contributed by atoms with van der Waals surface area (Å²) in [4.78, 5) is 2.29. The van der Waals surface area contributed by atoms with Crippen LogP contribution in [-0.4, -0.2) is 19.9 Å². The highest BCUT2D eigenvalue weighted by Gasteiger charge is 2.41. The fraction of sp³-hybridized carbons (Fsp3) is 0.290. The Hall–Kier alpha value is -2.76. The Bertz CT molecular complexity index is 1270. The van der Waals surface area contributed by atoms with E-state index in [2.05, 4.69) is 4.90 Å². The molecule has 7 heteroatoms. The summed E-state index contributed by atoms with van der Waals surface area (Å²) in [6, 6.07) is 19.3. The van der Waals surface area contributed by atoms with Crippen LogP contribution in [0, 0.1) is 17.0 Å². The highest BCUT2D eigenvalue weighted by atomic mass is 35.5. The lowest BCUT2D eigenvalue weighted by Gasteiger charge is -2.49. The van der Waals surface area contributed by atoms with Gasteiger partial charge in [-0.25, -0.2) is 17.6 Å². The Labute approximate surface area is 231 Å². The SMILES string of the molecule is FC/C=C\C(=C/CF)CC1(Cc2ccc(F)c(F)c2)CCC(c2ccc(Cl)cc2)N(c2ccc(Cl)cc2)C1. The number of benzene rings is 3. The van der Waals surface area contributed by atoms with Gasteiger partial charge in [-0.05, 0) is 96.3 Å². The minimum Gasteiger partial charge on any atom is -0.364 e. The van der Waals surface area contributed by atoms with Crippen LogP contribution in [0.1, 0.15) is 36.4 Å². The number of hydrogen-bond donors (Lipinski definition) is 0. The van der Waals surface area contributed by atoms with Gasteiger partial charge in [-0.3, -0.25) is 0 Å². The average molecular weight is 562 g/mol. The second-order valence-corrected chi connectivity index (χ2v) is 10.7. The predicted molar refractivity (Wildman–Crippen MR) is 149 cm³/mol. The van der Waals surface area contributed by atoms with Crippen molar-refractivity contribution in [3.8, 4) is 0 Å². The lowest BCUT2D eigenvalue weighted by Crippen LogP contribution is -2.46. The van der Waals surface area contributed by atoms with Crippen LogP contribution in [0.5, 0.6) is 0 Å². The molecular weight excluding hydrogens is 533 g/mol. The van der Waals surface area contributed by atoms with Crippen LogP contribution in [0.3, 0.4) is 0 Å². The van der Waals surface area contributed by atoms with E-state index in [-0.39, 0.29) is 6.04 Å². The molecule has 1 fully saturated rings. The van der Waals surface area contributed by atoms with Crippen LogP contribution in [0.15, 0.2) is 90.5 Å². The Morgan fingerprint density at radius 3 is 2.21 bits per heavy atom. The highest BCUT2D eigenvalue weighted by Crippen LogP contribution is 2.47. The van der Waals surface area contributed by atoms with Crippen molar-refractivity contribution in [1.82, 2.24) is 0 Å². The first-order valence-corrected chi connectivity index (χ1v) is 13.3. The van der Waals surface area contributed by atoms with Crippen molar-refractivity contribution in [2.45, 2.75) is 31.7 Å². The van der Waals surface area contributed by atoms with Gasteiger partial charge in [0.15, 0.2) is 11.6 Å². The molecule has 0 spiro atoms. The predicted octanol–water partition coefficient (Wildman–Crippen LogP) is 9.65. The number of anilines is 1. The van der Waals surface area contributed by atoms with E-state index in [4.69, 9.17) is 23.2 Å². The summed E-state index contributed by atoms with van der Waals surface area (Å²) >= 11 is 12.3. The molecule has 0 N–H and O–H groups in total. The molecule has 1 heterocycles. The van der Waals surface area contributed by atoms with Gasteiger partial charge in [0.05, 0.1) is 6.04 Å². The van der Waals surface area contributed by atoms with Gasteiger partial charge in [0, 0.05) is 22.3 Å². The van der Waals surface area contributed by atoms with Crippen LogP contribution >= 0.6 is 23.2 Å². The Morgan fingerprint density at radius 2 is 1.58 bits per heavy atom. The summed E-state index contributed by atoms with van der Waals surface area (Å²) in [5, 5.41) is 1.27. The van der Waals surface area contributed by atoms with Gasteiger partial charge >= 0.3 is 0 Å². The van der Waals surface area contributed by atoms with E-state index in [0.29, 0.717) is 40.6 Å². The number of nitrogens with zero attached hydrogens (tertiary/aromatic N) is 1. The molecule has 1 aliphatic heterocycles. The van der Waals surface area contributed by atoms with Gasteiger partial charge in [-0.1, -0.05) is 59.6 Å². The third-order valence-electron chi connectivity index (χ3n) is 7.15. The Balaban J connectivity index is 1.77. The molecule has 1 saturated heterocycles. The molecule has 1 aliphatic rings. The van der Waals surface area contributed by atoms with Gasteiger partial charge in [0.1, 0.15) is 13.3 Å². The Kier molecular flexibility index (Phi) is 9.56. The van der Waals surface area contributed by atoms with Gasteiger partial charge in [0.2, 0.25) is 0 Å². The van der Waals surface area contributed by atoms with Crippen LogP contribution in [0.25, 0.3) is 0 Å². The van der Waals surface area contributed by atoms with Crippen LogP contribution in [-0.2, 0) is 6.42 Å². The van der Waals surface area contributed by atoms with E-state index >= 15 is 0 Å². The fourth-order valence-electron chi connectivity index (χ4n) is 5.45. The molecule has 3 aromatic rings. The minimum atomic E-state index is -0.904. The first-order chi connectivity index (χ1) is 18.3. The van der Waals surface area contributed by atoms with Crippen molar-refractivity contribution in [1.29, 1.82) is 0 Å². The second kappa shape index (κ2) is 12.9. The summed E-state index contributed by atoms with van der Waals surface area (Å²) in [5.74, 6) is -1.81. The van der Waals surface area contributed by atoms with Gasteiger partial charge in [-0.15, -0.1) is 0 Å². The molecule has 38 heavy (non-hydrogen) atoms. The maximum Gasteiger partial charge on any atom is 0.159 e. The van der Waals surface area contributed by atoms with E-state index < -0.39 is 30.4 Å². The van der Waals surface area contributed by atoms with Crippen molar-refractivity contribution >= 4 is 28.9 Å². The number of allylic oxidation sites excluding steroid dienone is 4. The molecule has 0 amide bonds. The minimum absolute atomic E-state index is 0.0292. The lowest BCUT2D eigenvalue weighted by molar-refractivity contribution is 0.202. The fourth-order valence-corrected chi connectivity index (χ4v) is 5.70. The van der Waals surface area contributed by atoms with Crippen molar-refractivity contribution in [3.05, 3.63) is 123 Å². The zero-order chi connectivity index (χ0) is 27.1. The number of alkyl halides is 2. The molecule has 3 aromatic carbocycles. The molecule has 2 atom stereocenters. The van der Waals surface area contributed by atoms with Crippen LogP contribution in [0.4, 0.5) is 23.2 Å². The third-order valence-corrected chi connectivity index (χ3v) is 7.65. The molecule has 0 bridgehead atoms. The highest BCUT2D eigenvalue weighted by molar-refractivity contribution is 6.30. The quantitative estimate of drug-likeness (QED) is 0.185. The molecule has 0 radical (unpaired) electrons. The van der Waals surface area contributed by atoms with E-state index in [1.54, 1.807) is 12.1 Å².